The third-order valence-corrected chi connectivity index (χ3v) is 6.10. The quantitative estimate of drug-likeness (QED) is 0.622. The van der Waals surface area contributed by atoms with E-state index in [1.165, 1.54) is 24.3 Å². The first-order valence-electron chi connectivity index (χ1n) is 9.11. The third kappa shape index (κ3) is 6.16. The van der Waals surface area contributed by atoms with Crippen LogP contribution < -0.4 is 16.2 Å². The molecule has 5 N–H and O–H groups in total. The molecular weight excluding hydrogens is 404 g/mol. The second kappa shape index (κ2) is 10.2. The number of nitrogens with one attached hydrogen (secondary N) is 1. The second-order valence-electron chi connectivity index (χ2n) is 7.07. The Bertz CT molecular complexity index is 777. The lowest BCUT2D eigenvalue weighted by Crippen LogP contribution is -2.50. The molecule has 2 amide bonds. The molecule has 28 heavy (non-hydrogen) atoms. The van der Waals surface area contributed by atoms with Crippen LogP contribution in [0.25, 0.3) is 0 Å². The Hall–Kier alpha value is -1.68. The van der Waals surface area contributed by atoms with Gasteiger partial charge in [0.15, 0.2) is 0 Å². The molecule has 2 rings (SSSR count). The van der Waals surface area contributed by atoms with Crippen LogP contribution in [0.5, 0.6) is 0 Å². The number of amides is 2. The molecule has 1 saturated heterocycles. The molecule has 1 aromatic carbocycles. The first-order chi connectivity index (χ1) is 12.6. The van der Waals surface area contributed by atoms with Crippen molar-refractivity contribution in [2.75, 3.05) is 18.4 Å². The predicted molar refractivity (Wildman–Crippen MR) is 110 cm³/mol. The molecule has 2 atom stereocenters. The Labute approximate surface area is 172 Å². The van der Waals surface area contributed by atoms with E-state index in [-0.39, 0.29) is 41.0 Å². The van der Waals surface area contributed by atoms with E-state index in [1.54, 1.807) is 4.90 Å². The van der Waals surface area contributed by atoms with Crippen LogP contribution in [0.15, 0.2) is 29.2 Å². The molecule has 0 aliphatic carbocycles. The summed E-state index contributed by atoms with van der Waals surface area (Å²) in [7, 11) is -3.76. The lowest BCUT2D eigenvalue weighted by Gasteiger charge is -2.34. The summed E-state index contributed by atoms with van der Waals surface area (Å²) in [5, 5.41) is 7.84. The van der Waals surface area contributed by atoms with Crippen LogP contribution in [-0.4, -0.2) is 44.3 Å². The third-order valence-electron chi connectivity index (χ3n) is 5.17. The summed E-state index contributed by atoms with van der Waals surface area (Å²) < 4.78 is 22.5. The molecule has 1 fully saturated rings. The summed E-state index contributed by atoms with van der Waals surface area (Å²) in [4.78, 5) is 26.6. The van der Waals surface area contributed by atoms with Gasteiger partial charge in [0.05, 0.1) is 10.9 Å². The number of anilines is 1. The van der Waals surface area contributed by atoms with Gasteiger partial charge < -0.3 is 16.0 Å². The Morgan fingerprint density at radius 2 is 1.75 bits per heavy atom. The lowest BCUT2D eigenvalue weighted by molar-refractivity contribution is -0.136. The summed E-state index contributed by atoms with van der Waals surface area (Å²) in [6, 6.07) is 5.20. The molecule has 1 aliphatic rings. The van der Waals surface area contributed by atoms with Gasteiger partial charge in [-0.15, -0.1) is 12.4 Å². The van der Waals surface area contributed by atoms with E-state index in [0.29, 0.717) is 31.6 Å². The molecule has 0 spiro atoms. The number of carbonyl (C=O) groups is 2. The van der Waals surface area contributed by atoms with Crippen molar-refractivity contribution in [1.29, 1.82) is 0 Å². The lowest BCUT2D eigenvalue weighted by atomic mass is 9.93. The van der Waals surface area contributed by atoms with Crippen molar-refractivity contribution in [3.63, 3.8) is 0 Å². The van der Waals surface area contributed by atoms with E-state index in [1.807, 2.05) is 13.8 Å². The van der Waals surface area contributed by atoms with E-state index in [9.17, 15) is 18.0 Å². The van der Waals surface area contributed by atoms with Crippen LogP contribution in [0.1, 0.15) is 33.1 Å². The summed E-state index contributed by atoms with van der Waals surface area (Å²) in [6.45, 7) is 4.98. The van der Waals surface area contributed by atoms with Crippen molar-refractivity contribution in [1.82, 2.24) is 4.90 Å². The molecule has 10 heteroatoms. The Balaban J connectivity index is 0.00000392. The van der Waals surface area contributed by atoms with Crippen molar-refractivity contribution < 1.29 is 18.0 Å². The molecule has 0 saturated carbocycles. The first kappa shape index (κ1) is 24.4. The fraction of sp³-hybridized carbons (Fsp3) is 0.556. The van der Waals surface area contributed by atoms with Crippen molar-refractivity contribution in [3.8, 4) is 0 Å². The van der Waals surface area contributed by atoms with Crippen LogP contribution in [-0.2, 0) is 19.6 Å². The number of nitrogens with two attached hydrogens (primary N) is 2. The maximum absolute atomic E-state index is 12.4. The van der Waals surface area contributed by atoms with Crippen molar-refractivity contribution >= 4 is 39.9 Å². The number of piperidine rings is 1. The van der Waals surface area contributed by atoms with E-state index < -0.39 is 16.1 Å². The highest BCUT2D eigenvalue weighted by Crippen LogP contribution is 2.21. The molecule has 8 nitrogen and oxygen atoms in total. The molecule has 1 aromatic rings. The fourth-order valence-corrected chi connectivity index (χ4v) is 3.56. The number of benzene rings is 1. The van der Waals surface area contributed by atoms with Gasteiger partial charge in [0.2, 0.25) is 21.8 Å². The number of rotatable bonds is 6. The minimum atomic E-state index is -3.76. The second-order valence-corrected chi connectivity index (χ2v) is 8.63. The number of hydrogen-bond donors (Lipinski definition) is 3. The van der Waals surface area contributed by atoms with Gasteiger partial charge in [-0.2, -0.15) is 0 Å². The fourth-order valence-electron chi connectivity index (χ4n) is 3.04. The van der Waals surface area contributed by atoms with Crippen molar-refractivity contribution in [2.24, 2.45) is 22.7 Å². The van der Waals surface area contributed by atoms with Crippen molar-refractivity contribution in [3.05, 3.63) is 24.3 Å². The summed E-state index contributed by atoms with van der Waals surface area (Å²) in [5.74, 6) is -0.274. The number of likely N-dealkylation sites (tertiary alicyclic amines) is 1. The summed E-state index contributed by atoms with van der Waals surface area (Å²) in [6.07, 6.45) is 1.98. The Morgan fingerprint density at radius 3 is 2.21 bits per heavy atom. The number of primary sulfonamides is 1. The van der Waals surface area contributed by atoms with Gasteiger partial charge in [0.1, 0.15) is 0 Å². The highest BCUT2D eigenvalue weighted by atomic mass is 35.5. The highest BCUT2D eigenvalue weighted by molar-refractivity contribution is 7.89. The zero-order valence-electron chi connectivity index (χ0n) is 16.1. The zero-order chi connectivity index (χ0) is 20.2. The minimum Gasteiger partial charge on any atom is -0.341 e. The summed E-state index contributed by atoms with van der Waals surface area (Å²) >= 11 is 0. The maximum Gasteiger partial charge on any atom is 0.239 e. The molecule has 1 heterocycles. The first-order valence-corrected chi connectivity index (χ1v) is 10.7. The van der Waals surface area contributed by atoms with Crippen LogP contribution in [0.2, 0.25) is 0 Å². The van der Waals surface area contributed by atoms with E-state index in [4.69, 9.17) is 10.9 Å². The van der Waals surface area contributed by atoms with Crippen molar-refractivity contribution in [2.45, 2.75) is 44.0 Å². The maximum atomic E-state index is 12.4. The molecule has 0 aromatic heterocycles. The SMILES string of the molecule is CCC(C)C(N)C(=O)N1CCC(C(=O)Nc2ccc(S(N)(=O)=O)cc2)CC1.Cl. The average Bonchev–Trinajstić information content (AvgIpc) is 2.66. The highest BCUT2D eigenvalue weighted by Gasteiger charge is 2.31. The topological polar surface area (TPSA) is 136 Å². The standard InChI is InChI=1S/C18H28N4O4S.ClH/c1-3-12(2)16(19)18(24)22-10-8-13(9-11-22)17(23)21-14-4-6-15(7-5-14)27(20,25)26;/h4-7,12-13,16H,3,8-11,19H2,1-2H3,(H,21,23)(H2,20,25,26);1H. The average molecular weight is 433 g/mol. The van der Waals surface area contributed by atoms with E-state index in [2.05, 4.69) is 5.32 Å². The van der Waals surface area contributed by atoms with E-state index in [0.717, 1.165) is 6.42 Å². The van der Waals surface area contributed by atoms with Crippen LogP contribution in [0.4, 0.5) is 5.69 Å². The predicted octanol–water partition coefficient (Wildman–Crippen LogP) is 1.31. The molecular formula is C18H29ClN4O4S. The number of halogens is 1. The van der Waals surface area contributed by atoms with E-state index >= 15 is 0 Å². The molecule has 1 aliphatic heterocycles. The van der Waals surface area contributed by atoms with Gasteiger partial charge in [-0.3, -0.25) is 9.59 Å². The summed E-state index contributed by atoms with van der Waals surface area (Å²) in [5.41, 5.74) is 6.52. The van der Waals surface area contributed by atoms with Gasteiger partial charge in [-0.1, -0.05) is 20.3 Å². The van der Waals surface area contributed by atoms with Gasteiger partial charge in [0.25, 0.3) is 0 Å². The molecule has 158 valence electrons. The zero-order valence-corrected chi connectivity index (χ0v) is 17.8. The molecule has 0 radical (unpaired) electrons. The van der Waals surface area contributed by atoms with Gasteiger partial charge >= 0.3 is 0 Å². The van der Waals surface area contributed by atoms with Gasteiger partial charge in [-0.05, 0) is 43.0 Å². The van der Waals surface area contributed by atoms with Crippen LogP contribution >= 0.6 is 12.4 Å². The largest absolute Gasteiger partial charge is 0.341 e. The monoisotopic (exact) mass is 432 g/mol. The number of sulfonamides is 1. The number of carbonyl (C=O) groups excluding carboxylic acids is 2. The molecule has 2 unspecified atom stereocenters. The number of nitrogens with zero attached hydrogens (tertiary/aromatic N) is 1. The normalized spacial score (nSPS) is 17.4. The smallest absolute Gasteiger partial charge is 0.239 e. The van der Waals surface area contributed by atoms with Crippen LogP contribution in [0, 0.1) is 11.8 Å². The van der Waals surface area contributed by atoms with Gasteiger partial charge in [-0.25, -0.2) is 13.6 Å². The van der Waals surface area contributed by atoms with Gasteiger partial charge in [0, 0.05) is 24.7 Å². The molecule has 0 bridgehead atoms. The Morgan fingerprint density at radius 1 is 1.21 bits per heavy atom. The number of hydrogen-bond acceptors (Lipinski definition) is 5. The Kier molecular flexibility index (Phi) is 8.87. The minimum absolute atomic E-state index is 0. The van der Waals surface area contributed by atoms with Crippen LogP contribution in [0.3, 0.4) is 0 Å².